The molecule has 2 aliphatic rings. The molecule has 1 saturated carbocycles. The molecule has 3 aromatic carbocycles. The lowest BCUT2D eigenvalue weighted by Crippen LogP contribution is -2.49. The van der Waals surface area contributed by atoms with Gasteiger partial charge in [-0.3, -0.25) is 9.59 Å². The lowest BCUT2D eigenvalue weighted by molar-refractivity contribution is -0.134. The lowest BCUT2D eigenvalue weighted by Gasteiger charge is -2.36. The van der Waals surface area contributed by atoms with Crippen molar-refractivity contribution in [1.82, 2.24) is 9.80 Å². The van der Waals surface area contributed by atoms with Crippen molar-refractivity contribution in [1.29, 1.82) is 5.41 Å². The minimum Gasteiger partial charge on any atom is -0.449 e. The Bertz CT molecular complexity index is 1450. The van der Waals surface area contributed by atoms with Gasteiger partial charge in [-0.25, -0.2) is 8.78 Å². The van der Waals surface area contributed by atoms with Gasteiger partial charge in [-0.15, -0.1) is 0 Å². The van der Waals surface area contributed by atoms with Gasteiger partial charge in [-0.05, 0) is 66.9 Å². The van der Waals surface area contributed by atoms with E-state index in [1.807, 2.05) is 9.80 Å². The first kappa shape index (κ1) is 27.3. The van der Waals surface area contributed by atoms with E-state index in [0.29, 0.717) is 42.5 Å². The van der Waals surface area contributed by atoms with E-state index in [9.17, 15) is 18.4 Å². The van der Waals surface area contributed by atoms with Crippen LogP contribution < -0.4 is 10.1 Å². The summed E-state index contributed by atoms with van der Waals surface area (Å²) >= 11 is 5.97. The largest absolute Gasteiger partial charge is 0.449 e. The molecule has 1 aliphatic heterocycles. The number of hydrogen-bond acceptors (Lipinski definition) is 5. The molecule has 3 aromatic rings. The molecule has 0 atom stereocenters. The van der Waals surface area contributed by atoms with E-state index in [1.54, 1.807) is 48.5 Å². The molecule has 0 unspecified atom stereocenters. The van der Waals surface area contributed by atoms with Gasteiger partial charge < -0.3 is 25.3 Å². The molecule has 2 N–H and O–H groups in total. The maximum Gasteiger partial charge on any atom is 0.293 e. The van der Waals surface area contributed by atoms with Gasteiger partial charge in [-0.2, -0.15) is 0 Å². The molecule has 2 fully saturated rings. The second kappa shape index (κ2) is 11.9. The average molecular weight is 565 g/mol. The van der Waals surface area contributed by atoms with Gasteiger partial charge in [0, 0.05) is 60.7 Å². The monoisotopic (exact) mass is 564 g/mol. The van der Waals surface area contributed by atoms with E-state index in [1.165, 1.54) is 12.1 Å². The summed E-state index contributed by atoms with van der Waals surface area (Å²) in [7, 11) is 0. The number of anilines is 1. The summed E-state index contributed by atoms with van der Waals surface area (Å²) in [5.74, 6) is -1.47. The Morgan fingerprint density at radius 3 is 2.17 bits per heavy atom. The highest BCUT2D eigenvalue weighted by Gasteiger charge is 2.35. The summed E-state index contributed by atoms with van der Waals surface area (Å²) in [6.07, 6.45) is 2.93. The Balaban J connectivity index is 1.40. The molecular weight excluding hydrogens is 538 g/mol. The van der Waals surface area contributed by atoms with E-state index in [0.717, 1.165) is 25.1 Å². The smallest absolute Gasteiger partial charge is 0.293 e. The number of amides is 2. The maximum absolute atomic E-state index is 14.3. The molecule has 0 bridgehead atoms. The zero-order valence-electron chi connectivity index (χ0n) is 21.5. The quantitative estimate of drug-likeness (QED) is 0.208. The zero-order chi connectivity index (χ0) is 28.2. The van der Waals surface area contributed by atoms with Gasteiger partial charge in [-0.1, -0.05) is 23.7 Å². The molecule has 40 heavy (non-hydrogen) atoms. The first-order valence-corrected chi connectivity index (χ1v) is 13.3. The summed E-state index contributed by atoms with van der Waals surface area (Å²) in [5.41, 5.74) is 1.48. The van der Waals surface area contributed by atoms with E-state index in [2.05, 4.69) is 5.32 Å². The minimum absolute atomic E-state index is 0.104. The molecule has 0 spiro atoms. The number of piperazine rings is 1. The summed E-state index contributed by atoms with van der Waals surface area (Å²) in [6, 6.07) is 16.3. The van der Waals surface area contributed by atoms with Crippen LogP contribution in [0.3, 0.4) is 0 Å². The molecule has 7 nitrogen and oxygen atoms in total. The van der Waals surface area contributed by atoms with Gasteiger partial charge in [0.05, 0.1) is 0 Å². The van der Waals surface area contributed by atoms with Crippen LogP contribution in [0, 0.1) is 23.0 Å². The third kappa shape index (κ3) is 6.31. The standard InChI is InChI=1S/C30H27ClF2N4O3/c31-21-5-8-23(9-6-21)35-29(38)28(27(18-34)36-13-15-37(16-14-36)30(39)20-1-2-20)40-24-10-3-19(4-11-24)25-12-7-22(32)17-26(25)33/h3-12,17-18,20,34H,1-2,13-16H2,(H,35,38)/b28-27-,34-18?. The first-order valence-electron chi connectivity index (χ1n) is 12.9. The highest BCUT2D eigenvalue weighted by atomic mass is 35.5. The topological polar surface area (TPSA) is 85.7 Å². The molecule has 5 rings (SSSR count). The third-order valence-corrected chi connectivity index (χ3v) is 7.10. The summed E-state index contributed by atoms with van der Waals surface area (Å²) in [6.45, 7) is 1.84. The molecule has 1 aliphatic carbocycles. The van der Waals surface area contributed by atoms with Crippen LogP contribution in [0.1, 0.15) is 12.8 Å². The van der Waals surface area contributed by atoms with Crippen LogP contribution in [-0.2, 0) is 9.59 Å². The molecule has 1 heterocycles. The van der Waals surface area contributed by atoms with Crippen LogP contribution in [0.25, 0.3) is 11.1 Å². The number of hydrogen-bond donors (Lipinski definition) is 2. The van der Waals surface area contributed by atoms with Crippen LogP contribution in [0.2, 0.25) is 5.02 Å². The highest BCUT2D eigenvalue weighted by molar-refractivity contribution is 6.30. The summed E-state index contributed by atoms with van der Waals surface area (Å²) < 4.78 is 33.7. The number of nitrogens with one attached hydrogen (secondary N) is 2. The Labute approximate surface area is 235 Å². The second-order valence-corrected chi connectivity index (χ2v) is 10.1. The van der Waals surface area contributed by atoms with Crippen molar-refractivity contribution in [2.75, 3.05) is 31.5 Å². The molecule has 2 amide bonds. The third-order valence-electron chi connectivity index (χ3n) is 6.85. The van der Waals surface area contributed by atoms with Crippen molar-refractivity contribution in [3.05, 3.63) is 94.8 Å². The van der Waals surface area contributed by atoms with E-state index >= 15 is 0 Å². The van der Waals surface area contributed by atoms with E-state index in [-0.39, 0.29) is 34.6 Å². The van der Waals surface area contributed by atoms with Gasteiger partial charge >= 0.3 is 0 Å². The van der Waals surface area contributed by atoms with E-state index < -0.39 is 17.5 Å². The van der Waals surface area contributed by atoms with Crippen LogP contribution in [0.4, 0.5) is 14.5 Å². The van der Waals surface area contributed by atoms with Crippen molar-refractivity contribution in [2.45, 2.75) is 12.8 Å². The fraction of sp³-hybridized carbons (Fsp3) is 0.233. The van der Waals surface area contributed by atoms with Crippen molar-refractivity contribution in [3.8, 4) is 16.9 Å². The number of halogens is 3. The fourth-order valence-corrected chi connectivity index (χ4v) is 4.66. The van der Waals surface area contributed by atoms with Crippen LogP contribution >= 0.6 is 11.6 Å². The Kier molecular flexibility index (Phi) is 8.11. The van der Waals surface area contributed by atoms with Gasteiger partial charge in [0.25, 0.3) is 5.91 Å². The van der Waals surface area contributed by atoms with Crippen LogP contribution in [-0.4, -0.2) is 54.0 Å². The predicted octanol–water partition coefficient (Wildman–Crippen LogP) is 5.72. The molecule has 206 valence electrons. The summed E-state index contributed by atoms with van der Waals surface area (Å²) in [4.78, 5) is 29.6. The van der Waals surface area contributed by atoms with Gasteiger partial charge in [0.15, 0.2) is 0 Å². The highest BCUT2D eigenvalue weighted by Crippen LogP contribution is 2.32. The number of rotatable bonds is 8. The number of nitrogens with zero attached hydrogens (tertiary/aromatic N) is 2. The molecule has 0 radical (unpaired) electrons. The number of carbonyl (C=O) groups excluding carboxylic acids is 2. The number of benzene rings is 3. The lowest BCUT2D eigenvalue weighted by atomic mass is 10.1. The van der Waals surface area contributed by atoms with Crippen molar-refractivity contribution < 1.29 is 23.1 Å². The number of allylic oxidation sites excluding steroid dienone is 1. The Morgan fingerprint density at radius 1 is 0.925 bits per heavy atom. The molecular formula is C30H27ClF2N4O3. The Morgan fingerprint density at radius 2 is 1.57 bits per heavy atom. The van der Waals surface area contributed by atoms with E-state index in [4.69, 9.17) is 21.7 Å². The normalized spacial score (nSPS) is 15.8. The minimum atomic E-state index is -0.693. The molecule has 0 aromatic heterocycles. The molecule has 1 saturated heterocycles. The predicted molar refractivity (Wildman–Crippen MR) is 149 cm³/mol. The van der Waals surface area contributed by atoms with Gasteiger partial charge in [0.1, 0.15) is 23.1 Å². The first-order chi connectivity index (χ1) is 19.3. The number of carbonyl (C=O) groups is 2. The molecule has 10 heteroatoms. The van der Waals surface area contributed by atoms with Crippen LogP contribution in [0.5, 0.6) is 5.75 Å². The van der Waals surface area contributed by atoms with Crippen molar-refractivity contribution in [2.24, 2.45) is 5.92 Å². The second-order valence-electron chi connectivity index (χ2n) is 9.66. The van der Waals surface area contributed by atoms with Crippen LogP contribution in [0.15, 0.2) is 78.2 Å². The summed E-state index contributed by atoms with van der Waals surface area (Å²) in [5, 5.41) is 11.4. The van der Waals surface area contributed by atoms with Crippen molar-refractivity contribution >= 4 is 35.3 Å². The fourth-order valence-electron chi connectivity index (χ4n) is 4.54. The maximum atomic E-state index is 14.3. The number of ether oxygens (including phenoxy) is 1. The Hall–Kier alpha value is -4.24. The van der Waals surface area contributed by atoms with Gasteiger partial charge in [0.2, 0.25) is 11.7 Å². The van der Waals surface area contributed by atoms with Crippen molar-refractivity contribution in [3.63, 3.8) is 0 Å². The average Bonchev–Trinajstić information content (AvgIpc) is 3.80. The zero-order valence-corrected chi connectivity index (χ0v) is 22.3. The SMILES string of the molecule is N=C/C(=C(/Oc1ccc(-c2ccc(F)cc2F)cc1)C(=O)Nc1ccc(Cl)cc1)N1CCN(C(=O)C2CC2)CC1.